The van der Waals surface area contributed by atoms with Crippen molar-refractivity contribution in [2.75, 3.05) is 4.90 Å². The Labute approximate surface area is 273 Å². The van der Waals surface area contributed by atoms with Crippen LogP contribution in [0.4, 0.5) is 10.5 Å². The van der Waals surface area contributed by atoms with Gasteiger partial charge in [0.2, 0.25) is 0 Å². The molecule has 3 aromatic carbocycles. The fourth-order valence-corrected chi connectivity index (χ4v) is 10.0. The molecule has 4 amide bonds. The van der Waals surface area contributed by atoms with E-state index in [4.69, 9.17) is 4.74 Å². The molecule has 6 nitrogen and oxygen atoms in total. The van der Waals surface area contributed by atoms with Crippen molar-refractivity contribution in [3.63, 3.8) is 0 Å². The molecule has 4 saturated carbocycles. The largest absolute Gasteiger partial charge is 0.487 e. The van der Waals surface area contributed by atoms with Gasteiger partial charge in [0, 0.05) is 0 Å². The summed E-state index contributed by atoms with van der Waals surface area (Å²) >= 11 is 5.78. The van der Waals surface area contributed by atoms with Gasteiger partial charge < -0.3 is 4.74 Å². The van der Waals surface area contributed by atoms with Crippen LogP contribution in [0, 0.1) is 28.2 Å². The van der Waals surface area contributed by atoms with Crippen LogP contribution in [-0.2, 0) is 21.6 Å². The zero-order chi connectivity index (χ0) is 29.9. The Balaban J connectivity index is 1.12. The van der Waals surface area contributed by atoms with Gasteiger partial charge in [-0.05, 0) is 154 Å². The number of hydrogen-bond donors (Lipinski definition) is 1. The van der Waals surface area contributed by atoms with E-state index in [1.807, 2.05) is 49.4 Å². The van der Waals surface area contributed by atoms with E-state index in [-0.39, 0.29) is 11.0 Å². The maximum absolute atomic E-state index is 13.6. The van der Waals surface area contributed by atoms with Crippen LogP contribution in [0.25, 0.3) is 6.08 Å². The number of carbonyl (C=O) groups is 3. The van der Waals surface area contributed by atoms with Gasteiger partial charge in [-0.3, -0.25) is 14.9 Å². The summed E-state index contributed by atoms with van der Waals surface area (Å²) in [4.78, 5) is 40.4. The van der Waals surface area contributed by atoms with Gasteiger partial charge >= 0.3 is 6.03 Å². The molecule has 5 fully saturated rings. The van der Waals surface area contributed by atoms with Gasteiger partial charge in [0.25, 0.3) is 11.8 Å². The van der Waals surface area contributed by atoms with Crippen LogP contribution in [0.5, 0.6) is 5.75 Å². The van der Waals surface area contributed by atoms with Crippen LogP contribution in [0.3, 0.4) is 0 Å². The predicted molar refractivity (Wildman–Crippen MR) is 178 cm³/mol. The summed E-state index contributed by atoms with van der Waals surface area (Å²) in [5.41, 5.74) is 4.78. The quantitative estimate of drug-likeness (QED) is 0.157. The number of rotatable bonds is 6. The van der Waals surface area contributed by atoms with Crippen LogP contribution in [0.2, 0.25) is 0 Å². The number of urea groups is 1. The highest BCUT2D eigenvalue weighted by atomic mass is 127. The fourth-order valence-electron chi connectivity index (χ4n) is 8.25. The molecule has 4 bridgehead atoms. The molecule has 0 spiro atoms. The molecule has 0 unspecified atom stereocenters. The number of halogens is 2. The first-order valence-electron chi connectivity index (χ1n) is 14.9. The molecule has 220 valence electrons. The van der Waals surface area contributed by atoms with Crippen molar-refractivity contribution in [3.8, 4) is 5.75 Å². The molecule has 0 aromatic heterocycles. The van der Waals surface area contributed by atoms with Crippen molar-refractivity contribution in [3.05, 3.63) is 96.5 Å². The number of ether oxygens (including phenoxy) is 1. The molecule has 1 saturated heterocycles. The SMILES string of the molecule is Cc1cccc(COc2c(Br)cc(/C=C3\C(=O)NC(=O)N(c4ccc(C56CC7CC(CC(C7)C5)C6)cc4)C3=O)cc2I)c1. The first-order chi connectivity index (χ1) is 20.7. The number of nitrogens with one attached hydrogen (secondary N) is 1. The van der Waals surface area contributed by atoms with Crippen molar-refractivity contribution < 1.29 is 19.1 Å². The molecule has 1 heterocycles. The van der Waals surface area contributed by atoms with Gasteiger partial charge in [-0.15, -0.1) is 0 Å². The number of aryl methyl sites for hydroxylation is 1. The number of amides is 4. The lowest BCUT2D eigenvalue weighted by Gasteiger charge is -2.57. The number of anilines is 1. The van der Waals surface area contributed by atoms with E-state index in [2.05, 4.69) is 62.0 Å². The highest BCUT2D eigenvalue weighted by Crippen LogP contribution is 2.60. The normalized spacial score (nSPS) is 27.1. The lowest BCUT2D eigenvalue weighted by molar-refractivity contribution is -0.122. The second-order valence-corrected chi connectivity index (χ2v) is 14.8. The van der Waals surface area contributed by atoms with Gasteiger partial charge in [0.05, 0.1) is 13.7 Å². The monoisotopic (exact) mass is 750 g/mol. The molecule has 4 aliphatic carbocycles. The van der Waals surface area contributed by atoms with E-state index in [1.54, 1.807) is 0 Å². The van der Waals surface area contributed by atoms with E-state index in [9.17, 15) is 14.4 Å². The molecule has 8 heteroatoms. The zero-order valence-corrected chi connectivity index (χ0v) is 27.6. The number of nitrogens with zero attached hydrogens (tertiary/aromatic N) is 1. The molecule has 8 rings (SSSR count). The molecule has 1 aliphatic heterocycles. The number of barbiturate groups is 1. The first-order valence-corrected chi connectivity index (χ1v) is 16.7. The lowest BCUT2D eigenvalue weighted by atomic mass is 9.48. The van der Waals surface area contributed by atoms with E-state index >= 15 is 0 Å². The highest BCUT2D eigenvalue weighted by molar-refractivity contribution is 14.1. The molecule has 0 atom stereocenters. The van der Waals surface area contributed by atoms with Crippen LogP contribution >= 0.6 is 38.5 Å². The summed E-state index contributed by atoms with van der Waals surface area (Å²) in [7, 11) is 0. The summed E-state index contributed by atoms with van der Waals surface area (Å²) < 4.78 is 7.62. The lowest BCUT2D eigenvalue weighted by Crippen LogP contribution is -2.54. The smallest absolute Gasteiger partial charge is 0.335 e. The molecule has 3 aromatic rings. The van der Waals surface area contributed by atoms with Gasteiger partial charge in [0.15, 0.2) is 0 Å². The minimum Gasteiger partial charge on any atom is -0.487 e. The van der Waals surface area contributed by atoms with Crippen molar-refractivity contribution in [2.24, 2.45) is 17.8 Å². The summed E-state index contributed by atoms with van der Waals surface area (Å²) in [5.74, 6) is 1.83. The molecular formula is C35H32BrIN2O4. The van der Waals surface area contributed by atoms with Crippen LogP contribution in [0.1, 0.15) is 60.8 Å². The van der Waals surface area contributed by atoms with E-state index in [0.29, 0.717) is 28.1 Å². The minimum absolute atomic E-state index is 0.0964. The van der Waals surface area contributed by atoms with Crippen molar-refractivity contribution in [1.82, 2.24) is 5.32 Å². The number of benzene rings is 3. The molecular weight excluding hydrogens is 719 g/mol. The maximum Gasteiger partial charge on any atom is 0.335 e. The van der Waals surface area contributed by atoms with E-state index in [0.717, 1.165) is 31.8 Å². The topological polar surface area (TPSA) is 75.7 Å². The Morgan fingerprint density at radius 3 is 2.28 bits per heavy atom. The third-order valence-corrected chi connectivity index (χ3v) is 11.1. The second-order valence-electron chi connectivity index (χ2n) is 12.8. The third kappa shape index (κ3) is 5.45. The zero-order valence-electron chi connectivity index (χ0n) is 23.9. The molecule has 5 aliphatic rings. The van der Waals surface area contributed by atoms with Gasteiger partial charge in [-0.1, -0.05) is 42.0 Å². The predicted octanol–water partition coefficient (Wildman–Crippen LogP) is 8.08. The fraction of sp³-hybridized carbons (Fsp3) is 0.343. The summed E-state index contributed by atoms with van der Waals surface area (Å²) in [6.45, 7) is 2.46. The average molecular weight is 751 g/mol. The standard InChI is InChI=1S/C35H32BrIN2O4/c1-20-3-2-4-21(9-20)19-43-31-29(36)14-22(15-30(31)37)13-28-32(40)38-34(42)39(33(28)41)27-7-5-26(6-8-27)35-16-23-10-24(17-35)12-25(11-23)18-35/h2-9,13-15,23-25H,10-12,16-19H2,1H3,(H,38,40,42)/b28-13+. The average Bonchev–Trinajstić information content (AvgIpc) is 2.94. The maximum atomic E-state index is 13.6. The van der Waals surface area contributed by atoms with Crippen LogP contribution in [-0.4, -0.2) is 17.8 Å². The third-order valence-electron chi connectivity index (χ3n) is 9.68. The highest BCUT2D eigenvalue weighted by Gasteiger charge is 2.51. The van der Waals surface area contributed by atoms with Gasteiger partial charge in [-0.25, -0.2) is 9.69 Å². The van der Waals surface area contributed by atoms with Gasteiger partial charge in [-0.2, -0.15) is 0 Å². The van der Waals surface area contributed by atoms with Crippen molar-refractivity contribution in [2.45, 2.75) is 57.5 Å². The molecule has 43 heavy (non-hydrogen) atoms. The Morgan fingerprint density at radius 2 is 1.65 bits per heavy atom. The van der Waals surface area contributed by atoms with E-state index < -0.39 is 17.8 Å². The Kier molecular flexibility index (Phi) is 7.48. The number of carbonyl (C=O) groups excluding carboxylic acids is 3. The summed E-state index contributed by atoms with van der Waals surface area (Å²) in [5, 5.41) is 2.36. The Hall–Kier alpha value is -2.98. The Bertz CT molecular complexity index is 1620. The Morgan fingerprint density at radius 1 is 0.977 bits per heavy atom. The van der Waals surface area contributed by atoms with Crippen molar-refractivity contribution >= 4 is 68.1 Å². The number of imide groups is 2. The van der Waals surface area contributed by atoms with Gasteiger partial charge in [0.1, 0.15) is 17.9 Å². The summed E-state index contributed by atoms with van der Waals surface area (Å²) in [6.07, 6.45) is 9.39. The minimum atomic E-state index is -0.731. The van der Waals surface area contributed by atoms with Crippen LogP contribution < -0.4 is 15.0 Å². The summed E-state index contributed by atoms with van der Waals surface area (Å²) in [6, 6.07) is 19.0. The van der Waals surface area contributed by atoms with E-state index in [1.165, 1.54) is 55.7 Å². The van der Waals surface area contributed by atoms with Crippen molar-refractivity contribution in [1.29, 1.82) is 0 Å². The molecule has 0 radical (unpaired) electrons. The van der Waals surface area contributed by atoms with Crippen LogP contribution in [0.15, 0.2) is 70.7 Å². The first kappa shape index (κ1) is 28.8. The number of hydrogen-bond acceptors (Lipinski definition) is 4. The molecule has 1 N–H and O–H groups in total. The second kappa shape index (κ2) is 11.2.